The summed E-state index contributed by atoms with van der Waals surface area (Å²) in [6.07, 6.45) is -3.48. The first-order valence-corrected chi connectivity index (χ1v) is 5.16. The smallest absolute Gasteiger partial charge is 0.431 e. The normalized spacial score (nSPS) is 11.8. The van der Waals surface area contributed by atoms with E-state index in [1.807, 2.05) is 0 Å². The minimum absolute atomic E-state index is 0.0490. The predicted octanol–water partition coefficient (Wildman–Crippen LogP) is 2.53. The number of hydrogen-bond acceptors (Lipinski definition) is 3. The number of pyridine rings is 1. The van der Waals surface area contributed by atoms with Crippen molar-refractivity contribution in [3.63, 3.8) is 0 Å². The molecule has 0 unspecified atom stereocenters. The Morgan fingerprint density at radius 3 is 2.78 bits per heavy atom. The molecule has 4 nitrogen and oxygen atoms in total. The van der Waals surface area contributed by atoms with Crippen LogP contribution >= 0.6 is 0 Å². The number of hydrogen-bond donors (Lipinski definition) is 0. The van der Waals surface area contributed by atoms with Gasteiger partial charge in [0, 0.05) is 6.20 Å². The number of esters is 1. The molecule has 18 heavy (non-hydrogen) atoms. The lowest BCUT2D eigenvalue weighted by Gasteiger charge is -2.08. The van der Waals surface area contributed by atoms with E-state index in [1.165, 1.54) is 12.1 Å². The van der Waals surface area contributed by atoms with Crippen LogP contribution in [0, 0.1) is 0 Å². The van der Waals surface area contributed by atoms with Gasteiger partial charge < -0.3 is 4.74 Å². The molecule has 0 saturated carbocycles. The van der Waals surface area contributed by atoms with Crippen LogP contribution in [0.15, 0.2) is 24.4 Å². The lowest BCUT2D eigenvalue weighted by Crippen LogP contribution is -2.10. The summed E-state index contributed by atoms with van der Waals surface area (Å²) in [7, 11) is 0. The van der Waals surface area contributed by atoms with Gasteiger partial charge in [-0.3, -0.25) is 4.40 Å². The molecule has 0 aliphatic rings. The van der Waals surface area contributed by atoms with Crippen LogP contribution in [0.25, 0.3) is 5.65 Å². The number of ether oxygens (including phenoxy) is 1. The first-order valence-electron chi connectivity index (χ1n) is 5.16. The van der Waals surface area contributed by atoms with Crippen LogP contribution in [-0.2, 0) is 10.9 Å². The van der Waals surface area contributed by atoms with E-state index >= 15 is 0 Å². The van der Waals surface area contributed by atoms with Gasteiger partial charge in [0.1, 0.15) is 11.3 Å². The monoisotopic (exact) mass is 258 g/mol. The van der Waals surface area contributed by atoms with Crippen molar-refractivity contribution in [1.82, 2.24) is 9.38 Å². The quantitative estimate of drug-likeness (QED) is 0.777. The number of imidazole rings is 1. The number of rotatable bonds is 2. The highest BCUT2D eigenvalue weighted by Gasteiger charge is 2.33. The third-order valence-electron chi connectivity index (χ3n) is 2.27. The molecule has 2 rings (SSSR count). The van der Waals surface area contributed by atoms with Crippen LogP contribution in [0.3, 0.4) is 0 Å². The molecule has 0 saturated heterocycles. The summed E-state index contributed by atoms with van der Waals surface area (Å²) in [5.41, 5.74) is -0.982. The molecule has 96 valence electrons. The number of alkyl halides is 3. The number of fused-ring (bicyclic) bond motifs is 1. The van der Waals surface area contributed by atoms with E-state index in [2.05, 4.69) is 9.72 Å². The summed E-state index contributed by atoms with van der Waals surface area (Å²) >= 11 is 0. The average molecular weight is 258 g/mol. The largest absolute Gasteiger partial charge is 0.461 e. The van der Waals surface area contributed by atoms with Crippen LogP contribution in [0.5, 0.6) is 0 Å². The molecule has 7 heteroatoms. The van der Waals surface area contributed by atoms with Crippen molar-refractivity contribution in [2.24, 2.45) is 0 Å². The zero-order chi connectivity index (χ0) is 13.3. The SMILES string of the molecule is CCOC(=O)c1cn2c(C(F)(F)F)cccc2n1. The summed E-state index contributed by atoms with van der Waals surface area (Å²) in [6, 6.07) is 3.54. The van der Waals surface area contributed by atoms with Gasteiger partial charge >= 0.3 is 12.1 Å². The number of carbonyl (C=O) groups excluding carboxylic acids is 1. The second-order valence-corrected chi connectivity index (χ2v) is 3.48. The molecule has 2 aromatic rings. The van der Waals surface area contributed by atoms with Gasteiger partial charge in [-0.2, -0.15) is 13.2 Å². The van der Waals surface area contributed by atoms with Crippen LogP contribution in [0.1, 0.15) is 23.1 Å². The first kappa shape index (κ1) is 12.4. The minimum Gasteiger partial charge on any atom is -0.461 e. The molecule has 0 aromatic carbocycles. The highest BCUT2D eigenvalue weighted by Crippen LogP contribution is 2.29. The summed E-state index contributed by atoms with van der Waals surface area (Å²) in [6.45, 7) is 1.74. The Morgan fingerprint density at radius 2 is 2.17 bits per heavy atom. The molecule has 0 spiro atoms. The number of carbonyl (C=O) groups is 1. The minimum atomic E-state index is -4.51. The fraction of sp³-hybridized carbons (Fsp3) is 0.273. The predicted molar refractivity (Wildman–Crippen MR) is 56.2 cm³/mol. The van der Waals surface area contributed by atoms with Crippen molar-refractivity contribution in [2.45, 2.75) is 13.1 Å². The van der Waals surface area contributed by atoms with Gasteiger partial charge in [0.05, 0.1) is 6.61 Å². The zero-order valence-electron chi connectivity index (χ0n) is 9.36. The maximum atomic E-state index is 12.7. The van der Waals surface area contributed by atoms with Gasteiger partial charge in [-0.15, -0.1) is 0 Å². The Hall–Kier alpha value is -2.05. The molecule has 0 aliphatic carbocycles. The van der Waals surface area contributed by atoms with E-state index in [-0.39, 0.29) is 17.9 Å². The van der Waals surface area contributed by atoms with E-state index in [0.29, 0.717) is 0 Å². The Morgan fingerprint density at radius 1 is 1.44 bits per heavy atom. The van der Waals surface area contributed by atoms with Crippen molar-refractivity contribution in [3.8, 4) is 0 Å². The van der Waals surface area contributed by atoms with Crippen molar-refractivity contribution in [1.29, 1.82) is 0 Å². The van der Waals surface area contributed by atoms with Crippen LogP contribution in [0.2, 0.25) is 0 Å². The molecule has 0 N–H and O–H groups in total. The highest BCUT2D eigenvalue weighted by atomic mass is 19.4. The number of halogens is 3. The van der Waals surface area contributed by atoms with Gasteiger partial charge in [-0.05, 0) is 19.1 Å². The number of nitrogens with zero attached hydrogens (tertiary/aromatic N) is 2. The standard InChI is InChI=1S/C11H9F3N2O2/c1-2-18-10(17)7-6-16-8(11(12,13)14)4-3-5-9(16)15-7/h3-6H,2H2,1H3. The van der Waals surface area contributed by atoms with Crippen molar-refractivity contribution >= 4 is 11.6 Å². The summed E-state index contributed by atoms with van der Waals surface area (Å²) < 4.78 is 43.6. The molecule has 2 heterocycles. The van der Waals surface area contributed by atoms with Gasteiger partial charge in [-0.1, -0.05) is 6.07 Å². The Labute approximate surface area is 100 Å². The van der Waals surface area contributed by atoms with Crippen molar-refractivity contribution in [2.75, 3.05) is 6.61 Å². The lowest BCUT2D eigenvalue weighted by atomic mass is 10.3. The molecular weight excluding hydrogens is 249 g/mol. The molecular formula is C11H9F3N2O2. The highest BCUT2D eigenvalue weighted by molar-refractivity contribution is 5.88. The third-order valence-corrected chi connectivity index (χ3v) is 2.27. The van der Waals surface area contributed by atoms with E-state index in [0.717, 1.165) is 16.7 Å². The molecule has 2 aromatic heterocycles. The molecule has 0 fully saturated rings. The molecule has 0 radical (unpaired) electrons. The second kappa shape index (κ2) is 4.32. The zero-order valence-corrected chi connectivity index (χ0v) is 9.36. The van der Waals surface area contributed by atoms with Crippen LogP contribution in [-0.4, -0.2) is 22.0 Å². The maximum Gasteiger partial charge on any atom is 0.431 e. The van der Waals surface area contributed by atoms with Crippen molar-refractivity contribution < 1.29 is 22.7 Å². The second-order valence-electron chi connectivity index (χ2n) is 3.48. The topological polar surface area (TPSA) is 43.6 Å². The Bertz CT molecular complexity index is 589. The Kier molecular flexibility index (Phi) is 2.98. The third kappa shape index (κ3) is 2.15. The average Bonchev–Trinajstić information content (AvgIpc) is 2.71. The molecule has 0 bridgehead atoms. The molecule has 0 atom stereocenters. The summed E-state index contributed by atoms with van der Waals surface area (Å²) in [4.78, 5) is 15.2. The van der Waals surface area contributed by atoms with Gasteiger partial charge in [0.15, 0.2) is 5.69 Å². The van der Waals surface area contributed by atoms with Crippen LogP contribution < -0.4 is 0 Å². The van der Waals surface area contributed by atoms with E-state index in [1.54, 1.807) is 6.92 Å². The molecule has 0 aliphatic heterocycles. The van der Waals surface area contributed by atoms with E-state index in [4.69, 9.17) is 0 Å². The fourth-order valence-corrected chi connectivity index (χ4v) is 1.55. The van der Waals surface area contributed by atoms with Gasteiger partial charge in [0.2, 0.25) is 0 Å². The van der Waals surface area contributed by atoms with Crippen LogP contribution in [0.4, 0.5) is 13.2 Å². The lowest BCUT2D eigenvalue weighted by molar-refractivity contribution is -0.142. The number of aromatic nitrogens is 2. The van der Waals surface area contributed by atoms with Crippen molar-refractivity contribution in [3.05, 3.63) is 35.8 Å². The summed E-state index contributed by atoms with van der Waals surface area (Å²) in [5, 5.41) is 0. The summed E-state index contributed by atoms with van der Waals surface area (Å²) in [5.74, 6) is -0.741. The molecule has 0 amide bonds. The first-order chi connectivity index (χ1) is 8.43. The maximum absolute atomic E-state index is 12.7. The van der Waals surface area contributed by atoms with E-state index < -0.39 is 17.8 Å². The fourth-order valence-electron chi connectivity index (χ4n) is 1.55. The van der Waals surface area contributed by atoms with Gasteiger partial charge in [-0.25, -0.2) is 9.78 Å². The van der Waals surface area contributed by atoms with E-state index in [9.17, 15) is 18.0 Å². The Balaban J connectivity index is 2.55. The van der Waals surface area contributed by atoms with Gasteiger partial charge in [0.25, 0.3) is 0 Å².